The van der Waals surface area contributed by atoms with Gasteiger partial charge >= 0.3 is 0 Å². The summed E-state index contributed by atoms with van der Waals surface area (Å²) in [5, 5.41) is 3.60. The maximum atomic E-state index is 4.14. The van der Waals surface area contributed by atoms with Crippen molar-refractivity contribution in [2.75, 3.05) is 6.54 Å². The van der Waals surface area contributed by atoms with E-state index in [4.69, 9.17) is 0 Å². The van der Waals surface area contributed by atoms with Gasteiger partial charge in [0.2, 0.25) is 0 Å². The van der Waals surface area contributed by atoms with Crippen molar-refractivity contribution in [1.82, 2.24) is 10.3 Å². The minimum Gasteiger partial charge on any atom is -0.312 e. The van der Waals surface area contributed by atoms with Crippen LogP contribution in [-0.4, -0.2) is 11.5 Å². The van der Waals surface area contributed by atoms with E-state index in [2.05, 4.69) is 16.4 Å². The summed E-state index contributed by atoms with van der Waals surface area (Å²) in [5.74, 6) is 3.07. The molecule has 86 valence electrons. The van der Waals surface area contributed by atoms with Crippen molar-refractivity contribution in [3.8, 4) is 0 Å². The molecule has 0 spiro atoms. The molecule has 0 radical (unpaired) electrons. The first-order chi connectivity index (χ1) is 7.93. The molecule has 2 heteroatoms. The average Bonchev–Trinajstić information content (AvgIpc) is 3.17. The number of aromatic nitrogens is 1. The highest BCUT2D eigenvalue weighted by Crippen LogP contribution is 2.48. The van der Waals surface area contributed by atoms with E-state index in [0.717, 1.165) is 24.3 Å². The van der Waals surface area contributed by atoms with Crippen LogP contribution in [0.3, 0.4) is 0 Å². The largest absolute Gasteiger partial charge is 0.312 e. The third kappa shape index (κ3) is 2.62. The van der Waals surface area contributed by atoms with Crippen LogP contribution in [0.4, 0.5) is 0 Å². The van der Waals surface area contributed by atoms with E-state index in [-0.39, 0.29) is 0 Å². The van der Waals surface area contributed by atoms with Gasteiger partial charge in [-0.25, -0.2) is 0 Å². The molecule has 1 aromatic rings. The Labute approximate surface area is 97.5 Å². The molecule has 0 aromatic carbocycles. The quantitative estimate of drug-likeness (QED) is 0.790. The smallest absolute Gasteiger partial charge is 0.0312 e. The van der Waals surface area contributed by atoms with Gasteiger partial charge in [0.15, 0.2) is 0 Å². The van der Waals surface area contributed by atoms with Crippen LogP contribution in [-0.2, 0) is 6.54 Å². The lowest BCUT2D eigenvalue weighted by Crippen LogP contribution is -2.25. The zero-order valence-corrected chi connectivity index (χ0v) is 9.73. The van der Waals surface area contributed by atoms with Gasteiger partial charge < -0.3 is 5.32 Å². The van der Waals surface area contributed by atoms with Crippen LogP contribution in [0, 0.1) is 17.8 Å². The number of nitrogens with zero attached hydrogens (tertiary/aromatic N) is 1. The minimum absolute atomic E-state index is 0.969. The number of rotatable bonds is 6. The number of nitrogens with one attached hydrogen (secondary N) is 1. The molecule has 3 rings (SSSR count). The van der Waals surface area contributed by atoms with Gasteiger partial charge in [0.25, 0.3) is 0 Å². The summed E-state index contributed by atoms with van der Waals surface area (Å²) < 4.78 is 0. The predicted octanol–water partition coefficient (Wildman–Crippen LogP) is 2.61. The zero-order valence-electron chi connectivity index (χ0n) is 9.73. The molecule has 0 atom stereocenters. The summed E-state index contributed by atoms with van der Waals surface area (Å²) in [6.45, 7) is 2.19. The molecule has 2 aliphatic carbocycles. The first kappa shape index (κ1) is 10.3. The van der Waals surface area contributed by atoms with Gasteiger partial charge in [-0.3, -0.25) is 4.98 Å². The molecule has 2 fully saturated rings. The van der Waals surface area contributed by atoms with Crippen molar-refractivity contribution >= 4 is 0 Å². The molecule has 0 saturated heterocycles. The third-order valence-electron chi connectivity index (χ3n) is 3.89. The van der Waals surface area contributed by atoms with Crippen LogP contribution < -0.4 is 5.32 Å². The van der Waals surface area contributed by atoms with Gasteiger partial charge in [-0.05, 0) is 61.6 Å². The molecule has 2 saturated carbocycles. The topological polar surface area (TPSA) is 24.9 Å². The van der Waals surface area contributed by atoms with Crippen molar-refractivity contribution in [2.45, 2.75) is 32.2 Å². The summed E-state index contributed by atoms with van der Waals surface area (Å²) >= 11 is 0. The lowest BCUT2D eigenvalue weighted by Gasteiger charge is -2.16. The summed E-state index contributed by atoms with van der Waals surface area (Å²) in [6, 6.07) is 4.15. The SMILES string of the molecule is c1cncc(CNCC(C2CC2)C2CC2)c1. The molecular weight excluding hydrogens is 196 g/mol. The summed E-state index contributed by atoms with van der Waals surface area (Å²) in [5.41, 5.74) is 1.30. The second-order valence-electron chi connectivity index (χ2n) is 5.33. The molecule has 1 heterocycles. The second-order valence-corrected chi connectivity index (χ2v) is 5.33. The summed E-state index contributed by atoms with van der Waals surface area (Å²) in [4.78, 5) is 4.14. The standard InChI is InChI=1S/C14H20N2/c1-2-11(8-15-7-1)9-16-10-14(12-3-4-12)13-5-6-13/h1-2,7-8,12-14,16H,3-6,9-10H2. The molecule has 0 unspecified atom stereocenters. The van der Waals surface area contributed by atoms with Crippen molar-refractivity contribution in [2.24, 2.45) is 17.8 Å². The molecule has 1 aromatic heterocycles. The fourth-order valence-corrected chi connectivity index (χ4v) is 2.65. The maximum absolute atomic E-state index is 4.14. The molecule has 16 heavy (non-hydrogen) atoms. The van der Waals surface area contributed by atoms with E-state index < -0.39 is 0 Å². The monoisotopic (exact) mass is 216 g/mol. The predicted molar refractivity (Wildman–Crippen MR) is 64.9 cm³/mol. The minimum atomic E-state index is 0.969. The van der Waals surface area contributed by atoms with Gasteiger partial charge in [0.1, 0.15) is 0 Å². The van der Waals surface area contributed by atoms with Crippen LogP contribution in [0.2, 0.25) is 0 Å². The Morgan fingerprint density at radius 1 is 1.25 bits per heavy atom. The summed E-state index contributed by atoms with van der Waals surface area (Å²) in [6.07, 6.45) is 9.72. The molecule has 0 aliphatic heterocycles. The molecule has 2 nitrogen and oxygen atoms in total. The highest BCUT2D eigenvalue weighted by Gasteiger charge is 2.40. The van der Waals surface area contributed by atoms with Crippen LogP contribution >= 0.6 is 0 Å². The Kier molecular flexibility index (Phi) is 2.92. The number of hydrogen-bond donors (Lipinski definition) is 1. The Bertz CT molecular complexity index is 316. The van der Waals surface area contributed by atoms with Crippen LogP contribution in [0.5, 0.6) is 0 Å². The van der Waals surface area contributed by atoms with Gasteiger partial charge in [0, 0.05) is 18.9 Å². The Hall–Kier alpha value is -0.890. The van der Waals surface area contributed by atoms with E-state index in [1.54, 1.807) is 0 Å². The molecule has 2 aliphatic rings. The molecular formula is C14H20N2. The molecule has 0 amide bonds. The van der Waals surface area contributed by atoms with Crippen molar-refractivity contribution in [3.05, 3.63) is 30.1 Å². The highest BCUT2D eigenvalue weighted by molar-refractivity contribution is 5.07. The first-order valence-corrected chi connectivity index (χ1v) is 6.53. The normalized spacial score (nSPS) is 20.3. The van der Waals surface area contributed by atoms with Crippen molar-refractivity contribution < 1.29 is 0 Å². The van der Waals surface area contributed by atoms with E-state index in [1.165, 1.54) is 37.8 Å². The van der Waals surface area contributed by atoms with Crippen molar-refractivity contribution in [3.63, 3.8) is 0 Å². The molecule has 1 N–H and O–H groups in total. The Morgan fingerprint density at radius 2 is 2.00 bits per heavy atom. The third-order valence-corrected chi connectivity index (χ3v) is 3.89. The fraction of sp³-hybridized carbons (Fsp3) is 0.643. The van der Waals surface area contributed by atoms with E-state index in [0.29, 0.717) is 0 Å². The first-order valence-electron chi connectivity index (χ1n) is 6.53. The molecule has 0 bridgehead atoms. The van der Waals surface area contributed by atoms with Gasteiger partial charge in [-0.2, -0.15) is 0 Å². The van der Waals surface area contributed by atoms with Crippen LogP contribution in [0.25, 0.3) is 0 Å². The lowest BCUT2D eigenvalue weighted by molar-refractivity contribution is 0.378. The number of hydrogen-bond acceptors (Lipinski definition) is 2. The van der Waals surface area contributed by atoms with E-state index >= 15 is 0 Å². The Morgan fingerprint density at radius 3 is 2.56 bits per heavy atom. The number of pyridine rings is 1. The van der Waals surface area contributed by atoms with E-state index in [9.17, 15) is 0 Å². The summed E-state index contributed by atoms with van der Waals surface area (Å²) in [7, 11) is 0. The Balaban J connectivity index is 1.45. The fourth-order valence-electron chi connectivity index (χ4n) is 2.65. The van der Waals surface area contributed by atoms with Gasteiger partial charge in [-0.1, -0.05) is 6.07 Å². The van der Waals surface area contributed by atoms with Crippen molar-refractivity contribution in [1.29, 1.82) is 0 Å². The zero-order chi connectivity index (χ0) is 10.8. The lowest BCUT2D eigenvalue weighted by atomic mass is 9.98. The van der Waals surface area contributed by atoms with Crippen LogP contribution in [0.15, 0.2) is 24.5 Å². The average molecular weight is 216 g/mol. The van der Waals surface area contributed by atoms with E-state index in [1.807, 2.05) is 18.5 Å². The van der Waals surface area contributed by atoms with Gasteiger partial charge in [0.05, 0.1) is 0 Å². The van der Waals surface area contributed by atoms with Crippen LogP contribution in [0.1, 0.15) is 31.2 Å². The maximum Gasteiger partial charge on any atom is 0.0312 e. The highest BCUT2D eigenvalue weighted by atomic mass is 14.9. The second kappa shape index (κ2) is 4.54. The van der Waals surface area contributed by atoms with Gasteiger partial charge in [-0.15, -0.1) is 0 Å².